The van der Waals surface area contributed by atoms with E-state index < -0.39 is 5.97 Å². The number of carboxylic acids is 1. The predicted molar refractivity (Wildman–Crippen MR) is 160 cm³/mol. The Balaban J connectivity index is 1.62. The minimum absolute atomic E-state index is 0.214. The molecule has 0 aliphatic carbocycles. The highest BCUT2D eigenvalue weighted by atomic mass is 127. The number of carbonyl (C=O) groups is 1. The zero-order valence-corrected chi connectivity index (χ0v) is 24.9. The monoisotopic (exact) mass is 771 g/mol. The maximum absolute atomic E-state index is 13.2. The molecule has 4 aromatic rings. The van der Waals surface area contributed by atoms with Gasteiger partial charge in [0.15, 0.2) is 0 Å². The molecule has 0 radical (unpaired) electrons. The van der Waals surface area contributed by atoms with Gasteiger partial charge in [-0.05, 0) is 105 Å². The number of carboxylic acid groups (broad SMARTS) is 1. The summed E-state index contributed by atoms with van der Waals surface area (Å²) in [6.45, 7) is 2.28. The third-order valence-corrected chi connectivity index (χ3v) is 7.34. The molecule has 1 heterocycles. The van der Waals surface area contributed by atoms with Gasteiger partial charge in [-0.3, -0.25) is 4.79 Å². The van der Waals surface area contributed by atoms with Crippen LogP contribution < -0.4 is 10.3 Å². The van der Waals surface area contributed by atoms with Gasteiger partial charge < -0.3 is 9.84 Å². The molecular weight excluding hydrogens is 752 g/mol. The molecule has 0 aliphatic rings. The summed E-state index contributed by atoms with van der Waals surface area (Å²) in [6, 6.07) is 16.0. The molecule has 0 amide bonds. The van der Waals surface area contributed by atoms with Crippen LogP contribution in [0.4, 0.5) is 0 Å². The van der Waals surface area contributed by atoms with Crippen molar-refractivity contribution in [3.8, 4) is 5.75 Å². The minimum Gasteiger partial charge on any atom is -0.487 e. The smallest absolute Gasteiger partial charge is 0.335 e. The molecule has 7 nitrogen and oxygen atoms in total. The highest BCUT2D eigenvalue weighted by Gasteiger charge is 2.12. The van der Waals surface area contributed by atoms with E-state index in [0.29, 0.717) is 28.9 Å². The van der Waals surface area contributed by atoms with Gasteiger partial charge in [-0.25, -0.2) is 9.78 Å². The fourth-order valence-electron chi connectivity index (χ4n) is 3.57. The van der Waals surface area contributed by atoms with E-state index in [1.165, 1.54) is 4.68 Å². The van der Waals surface area contributed by atoms with Gasteiger partial charge in [0.25, 0.3) is 5.56 Å². The summed E-state index contributed by atoms with van der Waals surface area (Å²) in [6.07, 6.45) is 3.11. The van der Waals surface area contributed by atoms with E-state index in [9.17, 15) is 14.7 Å². The summed E-state index contributed by atoms with van der Waals surface area (Å²) < 4.78 is 9.94. The summed E-state index contributed by atoms with van der Waals surface area (Å²) in [7, 11) is 0. The molecule has 0 unspecified atom stereocenters. The number of hydrogen-bond acceptors (Lipinski definition) is 5. The van der Waals surface area contributed by atoms with Crippen molar-refractivity contribution in [3.63, 3.8) is 0 Å². The maximum atomic E-state index is 13.2. The van der Waals surface area contributed by atoms with Crippen LogP contribution in [0.1, 0.15) is 40.7 Å². The zero-order valence-electron chi connectivity index (χ0n) is 19.0. The van der Waals surface area contributed by atoms with E-state index >= 15 is 0 Å². The quantitative estimate of drug-likeness (QED) is 0.164. The fraction of sp³-hybridized carbons (Fsp3) is 0.154. The van der Waals surface area contributed by atoms with Gasteiger partial charge in [0.2, 0.25) is 0 Å². The minimum atomic E-state index is -0.972. The first-order valence-corrected chi connectivity index (χ1v) is 13.9. The summed E-state index contributed by atoms with van der Waals surface area (Å²) in [5.74, 6) is 0.344. The van der Waals surface area contributed by atoms with Crippen molar-refractivity contribution in [1.82, 2.24) is 9.66 Å². The lowest BCUT2D eigenvalue weighted by molar-refractivity contribution is 0.0696. The van der Waals surface area contributed by atoms with Gasteiger partial charge in [0, 0.05) is 10.9 Å². The topological polar surface area (TPSA) is 93.8 Å². The number of halogens is 3. The van der Waals surface area contributed by atoms with Crippen LogP contribution in [-0.4, -0.2) is 27.0 Å². The standard InChI is InChI=1S/C26H20BrI2N3O4/c1-2-4-23-31-22-8-7-18(27)12-19(22)25(33)32(23)30-13-16-10-20(28)24(21(29)11-16)36-14-15-5-3-6-17(9-15)26(34)35/h3,5-13H,2,4,14H2,1H3,(H,34,35). The molecule has 10 heteroatoms. The Kier molecular flexibility index (Phi) is 8.78. The predicted octanol–water partition coefficient (Wildman–Crippen LogP) is 6.48. The Morgan fingerprint density at radius 3 is 2.61 bits per heavy atom. The molecule has 0 saturated carbocycles. The average Bonchev–Trinajstić information content (AvgIpc) is 2.84. The van der Waals surface area contributed by atoms with Gasteiger partial charge in [-0.2, -0.15) is 9.78 Å². The largest absolute Gasteiger partial charge is 0.487 e. The van der Waals surface area contributed by atoms with Gasteiger partial charge in [0.1, 0.15) is 18.2 Å². The summed E-state index contributed by atoms with van der Waals surface area (Å²) in [5, 5.41) is 14.2. The number of aryl methyl sites for hydroxylation is 1. The maximum Gasteiger partial charge on any atom is 0.335 e. The molecule has 0 atom stereocenters. The number of hydrogen-bond donors (Lipinski definition) is 1. The van der Waals surface area contributed by atoms with Crippen molar-refractivity contribution in [3.05, 3.63) is 99.1 Å². The van der Waals surface area contributed by atoms with Crippen molar-refractivity contribution in [2.24, 2.45) is 5.10 Å². The lowest BCUT2D eigenvalue weighted by Gasteiger charge is -2.12. The molecule has 36 heavy (non-hydrogen) atoms. The average molecular weight is 772 g/mol. The molecule has 1 N–H and O–H groups in total. The van der Waals surface area contributed by atoms with Crippen molar-refractivity contribution in [2.45, 2.75) is 26.4 Å². The lowest BCUT2D eigenvalue weighted by atomic mass is 10.1. The van der Waals surface area contributed by atoms with Crippen molar-refractivity contribution >= 4 is 84.2 Å². The van der Waals surface area contributed by atoms with Gasteiger partial charge in [-0.1, -0.05) is 35.0 Å². The van der Waals surface area contributed by atoms with Crippen LogP contribution >= 0.6 is 61.1 Å². The molecule has 184 valence electrons. The number of benzene rings is 3. The molecule has 0 fully saturated rings. The number of nitrogens with zero attached hydrogens (tertiary/aromatic N) is 3. The number of fused-ring (bicyclic) bond motifs is 1. The molecule has 3 aromatic carbocycles. The summed E-state index contributed by atoms with van der Waals surface area (Å²) >= 11 is 7.81. The molecule has 4 rings (SSSR count). The first-order valence-electron chi connectivity index (χ1n) is 11.0. The molecule has 0 saturated heterocycles. The zero-order chi connectivity index (χ0) is 25.8. The third kappa shape index (κ3) is 6.14. The first-order chi connectivity index (χ1) is 17.3. The molecular formula is C26H20BrI2N3O4. The Morgan fingerprint density at radius 2 is 1.92 bits per heavy atom. The third-order valence-electron chi connectivity index (χ3n) is 5.25. The van der Waals surface area contributed by atoms with Crippen LogP contribution in [-0.2, 0) is 13.0 Å². The second kappa shape index (κ2) is 11.8. The Hall–Kier alpha value is -2.32. The van der Waals surface area contributed by atoms with Crippen LogP contribution in [0.3, 0.4) is 0 Å². The van der Waals surface area contributed by atoms with Crippen LogP contribution in [0.15, 0.2) is 69.0 Å². The fourth-order valence-corrected chi connectivity index (χ4v) is 6.05. The second-order valence-electron chi connectivity index (χ2n) is 7.91. The Bertz CT molecular complexity index is 1530. The van der Waals surface area contributed by atoms with E-state index in [-0.39, 0.29) is 17.7 Å². The van der Waals surface area contributed by atoms with Crippen molar-refractivity contribution in [2.75, 3.05) is 0 Å². The molecule has 0 aliphatic heterocycles. The summed E-state index contributed by atoms with van der Waals surface area (Å²) in [4.78, 5) is 29.1. The van der Waals surface area contributed by atoms with E-state index in [2.05, 4.69) is 71.2 Å². The number of aromatic nitrogens is 2. The van der Waals surface area contributed by atoms with Crippen LogP contribution in [0.5, 0.6) is 5.75 Å². The molecule has 1 aromatic heterocycles. The second-order valence-corrected chi connectivity index (χ2v) is 11.1. The van der Waals surface area contributed by atoms with Crippen molar-refractivity contribution < 1.29 is 14.6 Å². The van der Waals surface area contributed by atoms with Gasteiger partial charge in [-0.15, -0.1) is 0 Å². The Morgan fingerprint density at radius 1 is 1.17 bits per heavy atom. The van der Waals surface area contributed by atoms with E-state index in [1.54, 1.807) is 30.5 Å². The first kappa shape index (κ1) is 26.7. The van der Waals surface area contributed by atoms with Crippen LogP contribution in [0, 0.1) is 7.14 Å². The van der Waals surface area contributed by atoms with Gasteiger partial charge >= 0.3 is 5.97 Å². The number of rotatable bonds is 8. The Labute approximate surface area is 243 Å². The normalized spacial score (nSPS) is 11.3. The SMILES string of the molecule is CCCc1nc2ccc(Br)cc2c(=O)n1N=Cc1cc(I)c(OCc2cccc(C(=O)O)c2)c(I)c1. The molecule has 0 bridgehead atoms. The highest BCUT2D eigenvalue weighted by Crippen LogP contribution is 2.29. The lowest BCUT2D eigenvalue weighted by Crippen LogP contribution is -2.22. The van der Waals surface area contributed by atoms with E-state index in [4.69, 9.17) is 4.74 Å². The van der Waals surface area contributed by atoms with Crippen LogP contribution in [0.2, 0.25) is 0 Å². The molecule has 0 spiro atoms. The van der Waals surface area contributed by atoms with Crippen LogP contribution in [0.25, 0.3) is 10.9 Å². The van der Waals surface area contributed by atoms with Crippen molar-refractivity contribution in [1.29, 1.82) is 0 Å². The van der Waals surface area contributed by atoms with Gasteiger partial charge in [0.05, 0.1) is 29.8 Å². The summed E-state index contributed by atoms with van der Waals surface area (Å²) in [5.41, 5.74) is 2.24. The number of aromatic carboxylic acids is 1. The van der Waals surface area contributed by atoms with E-state index in [0.717, 1.165) is 29.2 Å². The van der Waals surface area contributed by atoms with E-state index in [1.807, 2.05) is 37.3 Å². The highest BCUT2D eigenvalue weighted by molar-refractivity contribution is 14.1. The number of ether oxygens (including phenoxy) is 1.